The van der Waals surface area contributed by atoms with E-state index in [2.05, 4.69) is 32.9 Å². The van der Waals surface area contributed by atoms with Crippen molar-refractivity contribution in [3.8, 4) is 0 Å². The number of hydrogen-bond donors (Lipinski definition) is 0. The minimum Gasteiger partial charge on any atom is -0.772 e. The molecule has 1 atom stereocenters. The Labute approximate surface area is 120 Å². The van der Waals surface area contributed by atoms with E-state index in [4.69, 9.17) is 0 Å². The molecule has 0 rings (SSSR count). The van der Waals surface area contributed by atoms with E-state index in [-0.39, 0.29) is 5.75 Å². The van der Waals surface area contributed by atoms with Gasteiger partial charge in [0.2, 0.25) is 0 Å². The van der Waals surface area contributed by atoms with Crippen molar-refractivity contribution < 1.29 is 8.76 Å². The molecule has 0 saturated carbocycles. The molecule has 0 aliphatic rings. The summed E-state index contributed by atoms with van der Waals surface area (Å²) < 4.78 is 20.9. The molecule has 0 bridgehead atoms. The number of hydrogen-bond acceptors (Lipinski definition) is 2. The lowest BCUT2D eigenvalue weighted by atomic mass is 10.1. The molecule has 0 spiro atoms. The fraction of sp³-hybridized carbons (Fsp3) is 0.500. The van der Waals surface area contributed by atoms with Gasteiger partial charge in [0.05, 0.1) is 0 Å². The maximum Gasteiger partial charge on any atom is 0.0288 e. The molecule has 0 amide bonds. The van der Waals surface area contributed by atoms with E-state index in [1.807, 2.05) is 19.9 Å². The minimum atomic E-state index is -2.00. The molecule has 108 valence electrons. The highest BCUT2D eigenvalue weighted by atomic mass is 32.2. The van der Waals surface area contributed by atoms with Gasteiger partial charge >= 0.3 is 0 Å². The molecule has 0 aliphatic carbocycles. The fourth-order valence-corrected chi connectivity index (χ4v) is 2.11. The average Bonchev–Trinajstić information content (AvgIpc) is 2.25. The monoisotopic (exact) mass is 281 g/mol. The van der Waals surface area contributed by atoms with Gasteiger partial charge in [-0.1, -0.05) is 57.7 Å². The SMILES string of the molecule is CC(C)=CCCC(C)=CC(C)=CC(C)=CCS(=O)[O-]. The zero-order valence-corrected chi connectivity index (χ0v) is 13.5. The van der Waals surface area contributed by atoms with E-state index in [9.17, 15) is 8.76 Å². The van der Waals surface area contributed by atoms with Gasteiger partial charge in [-0.3, -0.25) is 4.21 Å². The van der Waals surface area contributed by atoms with Crippen molar-refractivity contribution in [3.63, 3.8) is 0 Å². The smallest absolute Gasteiger partial charge is 0.0288 e. The van der Waals surface area contributed by atoms with E-state index in [0.717, 1.165) is 24.0 Å². The van der Waals surface area contributed by atoms with Crippen LogP contribution in [-0.4, -0.2) is 14.5 Å². The van der Waals surface area contributed by atoms with Crippen LogP contribution in [0.3, 0.4) is 0 Å². The van der Waals surface area contributed by atoms with Crippen LogP contribution in [0.4, 0.5) is 0 Å². The first kappa shape index (κ1) is 18.1. The van der Waals surface area contributed by atoms with Crippen LogP contribution in [0.5, 0.6) is 0 Å². The summed E-state index contributed by atoms with van der Waals surface area (Å²) >= 11 is -2.00. The third-order valence-corrected chi connectivity index (χ3v) is 3.00. The topological polar surface area (TPSA) is 40.1 Å². The predicted molar refractivity (Wildman–Crippen MR) is 83.7 cm³/mol. The van der Waals surface area contributed by atoms with E-state index >= 15 is 0 Å². The zero-order valence-electron chi connectivity index (χ0n) is 12.7. The van der Waals surface area contributed by atoms with Crippen molar-refractivity contribution in [2.75, 3.05) is 5.75 Å². The maximum absolute atomic E-state index is 10.5. The largest absolute Gasteiger partial charge is 0.772 e. The molecule has 0 aromatic rings. The van der Waals surface area contributed by atoms with Gasteiger partial charge in [-0.25, -0.2) is 0 Å². The Morgan fingerprint density at radius 3 is 2.16 bits per heavy atom. The molecule has 1 unspecified atom stereocenters. The molecule has 2 nitrogen and oxygen atoms in total. The molecule has 0 aromatic heterocycles. The van der Waals surface area contributed by atoms with Crippen LogP contribution in [0.25, 0.3) is 0 Å². The van der Waals surface area contributed by atoms with Gasteiger partial charge in [0.15, 0.2) is 0 Å². The summed E-state index contributed by atoms with van der Waals surface area (Å²) in [6.07, 6.45) is 10.3. The van der Waals surface area contributed by atoms with Crippen molar-refractivity contribution in [3.05, 3.63) is 46.6 Å². The third kappa shape index (κ3) is 11.9. The number of rotatable bonds is 7. The Hall–Kier alpha value is -0.930. The first-order valence-electron chi connectivity index (χ1n) is 6.52. The molecule has 0 radical (unpaired) electrons. The van der Waals surface area contributed by atoms with Gasteiger partial charge in [0.25, 0.3) is 0 Å². The Morgan fingerprint density at radius 2 is 1.63 bits per heavy atom. The highest BCUT2D eigenvalue weighted by Crippen LogP contribution is 2.11. The molecular weight excluding hydrogens is 256 g/mol. The summed E-state index contributed by atoms with van der Waals surface area (Å²) in [5, 5.41) is 0. The van der Waals surface area contributed by atoms with Crippen molar-refractivity contribution in [1.29, 1.82) is 0 Å². The quantitative estimate of drug-likeness (QED) is 0.393. The second-order valence-electron chi connectivity index (χ2n) is 5.12. The normalized spacial score (nSPS) is 15.4. The first-order chi connectivity index (χ1) is 8.81. The molecule has 0 heterocycles. The summed E-state index contributed by atoms with van der Waals surface area (Å²) in [7, 11) is 0. The lowest BCUT2D eigenvalue weighted by Gasteiger charge is -2.02. The van der Waals surface area contributed by atoms with Gasteiger partial charge in [0.1, 0.15) is 0 Å². The Kier molecular flexibility index (Phi) is 9.44. The van der Waals surface area contributed by atoms with Crippen molar-refractivity contribution in [1.82, 2.24) is 0 Å². The summed E-state index contributed by atoms with van der Waals surface area (Å²) in [6, 6.07) is 0. The Bertz CT molecular complexity index is 422. The van der Waals surface area contributed by atoms with Crippen molar-refractivity contribution in [2.24, 2.45) is 0 Å². The van der Waals surface area contributed by atoms with Gasteiger partial charge < -0.3 is 4.55 Å². The lowest BCUT2D eigenvalue weighted by molar-refractivity contribution is 0.540. The standard InChI is InChI=1S/C16H26O2S/c1-13(2)7-6-8-14(3)11-16(5)12-15(4)9-10-19(17)18/h7,9,11-12H,6,8,10H2,1-5H3,(H,17,18)/p-1. The second kappa shape index (κ2) is 9.93. The highest BCUT2D eigenvalue weighted by molar-refractivity contribution is 7.79. The van der Waals surface area contributed by atoms with E-state index in [1.165, 1.54) is 11.1 Å². The Morgan fingerprint density at radius 1 is 1.00 bits per heavy atom. The van der Waals surface area contributed by atoms with Crippen LogP contribution in [0.15, 0.2) is 46.6 Å². The molecule has 0 N–H and O–H groups in total. The number of allylic oxidation sites excluding steroid dienone is 7. The predicted octanol–water partition coefficient (Wildman–Crippen LogP) is 4.45. The van der Waals surface area contributed by atoms with Crippen LogP contribution in [0, 0.1) is 0 Å². The van der Waals surface area contributed by atoms with Crippen LogP contribution in [0.2, 0.25) is 0 Å². The third-order valence-electron chi connectivity index (χ3n) is 2.56. The molecule has 0 aliphatic heterocycles. The van der Waals surface area contributed by atoms with Crippen LogP contribution >= 0.6 is 0 Å². The minimum absolute atomic E-state index is 0.0822. The van der Waals surface area contributed by atoms with Crippen molar-refractivity contribution >= 4 is 11.1 Å². The van der Waals surface area contributed by atoms with Crippen LogP contribution in [-0.2, 0) is 11.1 Å². The van der Waals surface area contributed by atoms with Crippen LogP contribution in [0.1, 0.15) is 47.5 Å². The first-order valence-corrected chi connectivity index (χ1v) is 7.77. The van der Waals surface area contributed by atoms with E-state index in [0.29, 0.717) is 0 Å². The van der Waals surface area contributed by atoms with E-state index < -0.39 is 11.1 Å². The molecular formula is C16H25O2S-. The molecule has 0 saturated heterocycles. The summed E-state index contributed by atoms with van der Waals surface area (Å²) in [4.78, 5) is 0. The summed E-state index contributed by atoms with van der Waals surface area (Å²) in [5.41, 5.74) is 4.83. The van der Waals surface area contributed by atoms with Crippen molar-refractivity contribution in [2.45, 2.75) is 47.5 Å². The van der Waals surface area contributed by atoms with Gasteiger partial charge in [0, 0.05) is 5.75 Å². The molecule has 3 heteroatoms. The second-order valence-corrected chi connectivity index (χ2v) is 6.06. The Balaban J connectivity index is 4.47. The fourth-order valence-electron chi connectivity index (χ4n) is 1.71. The van der Waals surface area contributed by atoms with Gasteiger partial charge in [-0.05, 0) is 47.5 Å². The lowest BCUT2D eigenvalue weighted by Crippen LogP contribution is -1.91. The summed E-state index contributed by atoms with van der Waals surface area (Å²) in [5.74, 6) is 0.0822. The van der Waals surface area contributed by atoms with Gasteiger partial charge in [-0.2, -0.15) is 0 Å². The summed E-state index contributed by atoms with van der Waals surface area (Å²) in [6.45, 7) is 10.3. The van der Waals surface area contributed by atoms with Gasteiger partial charge in [-0.15, -0.1) is 0 Å². The molecule has 0 aromatic carbocycles. The zero-order chi connectivity index (χ0) is 14.8. The maximum atomic E-state index is 10.5. The van der Waals surface area contributed by atoms with Crippen LogP contribution < -0.4 is 0 Å². The highest BCUT2D eigenvalue weighted by Gasteiger charge is 1.91. The molecule has 19 heavy (non-hydrogen) atoms. The average molecular weight is 281 g/mol. The van der Waals surface area contributed by atoms with E-state index in [1.54, 1.807) is 6.08 Å². The molecule has 0 fully saturated rings.